The Labute approximate surface area is 134 Å². The number of rotatable bonds is 3. The molecule has 0 unspecified atom stereocenters. The van der Waals surface area contributed by atoms with Crippen LogP contribution < -0.4 is 0 Å². The zero-order valence-corrected chi connectivity index (χ0v) is 13.2. The monoisotopic (exact) mass is 359 g/mol. The smallest absolute Gasteiger partial charge is 0.336 e. The Morgan fingerprint density at radius 3 is 2.76 bits per heavy atom. The van der Waals surface area contributed by atoms with Gasteiger partial charge in [0, 0.05) is 21.0 Å². The summed E-state index contributed by atoms with van der Waals surface area (Å²) >= 11 is 4.75. The molecule has 1 N–H and O–H groups in total. The lowest BCUT2D eigenvalue weighted by Crippen LogP contribution is -1.98. The molecule has 0 aliphatic rings. The predicted molar refractivity (Wildman–Crippen MR) is 87.0 cm³/mol. The van der Waals surface area contributed by atoms with E-state index in [2.05, 4.69) is 20.9 Å². The van der Waals surface area contributed by atoms with Crippen LogP contribution in [0.5, 0.6) is 0 Å². The number of aromatic nitrogens is 1. The Hall–Kier alpha value is -1.85. The van der Waals surface area contributed by atoms with Crippen LogP contribution in [0.4, 0.5) is 0 Å². The highest BCUT2D eigenvalue weighted by Crippen LogP contribution is 2.35. The molecule has 5 heteroatoms. The molecule has 0 spiro atoms. The van der Waals surface area contributed by atoms with Gasteiger partial charge in [0.15, 0.2) is 0 Å². The van der Waals surface area contributed by atoms with Crippen molar-refractivity contribution in [2.75, 3.05) is 0 Å². The number of nitrogens with zero attached hydrogens (tertiary/aromatic N) is 1. The summed E-state index contributed by atoms with van der Waals surface area (Å²) < 4.78 is 0.843. The number of fused-ring (bicyclic) bond motifs is 1. The summed E-state index contributed by atoms with van der Waals surface area (Å²) in [5, 5.41) is 12.2. The molecule has 21 heavy (non-hydrogen) atoms. The molecule has 0 saturated heterocycles. The van der Waals surface area contributed by atoms with Gasteiger partial charge in [0.25, 0.3) is 0 Å². The first-order valence-electron chi connectivity index (χ1n) is 6.19. The number of carbonyl (C=O) groups is 1. The number of hydrogen-bond donors (Lipinski definition) is 1. The second-order valence-electron chi connectivity index (χ2n) is 4.38. The summed E-state index contributed by atoms with van der Waals surface area (Å²) in [6.45, 7) is 0. The van der Waals surface area contributed by atoms with E-state index >= 15 is 0 Å². The van der Waals surface area contributed by atoms with Crippen LogP contribution in [0, 0.1) is 0 Å². The SMILES string of the molecule is O=C(O)c1ccc(Br)cc1Sc1nccc2ccccc12. The van der Waals surface area contributed by atoms with Gasteiger partial charge in [-0.1, -0.05) is 52.0 Å². The van der Waals surface area contributed by atoms with Gasteiger partial charge in [0.05, 0.1) is 5.56 Å². The first-order chi connectivity index (χ1) is 10.1. The quantitative estimate of drug-likeness (QED) is 0.726. The minimum atomic E-state index is -0.940. The summed E-state index contributed by atoms with van der Waals surface area (Å²) in [5.74, 6) is -0.940. The maximum atomic E-state index is 11.3. The van der Waals surface area contributed by atoms with Gasteiger partial charge in [-0.05, 0) is 29.7 Å². The van der Waals surface area contributed by atoms with Crippen LogP contribution >= 0.6 is 27.7 Å². The summed E-state index contributed by atoms with van der Waals surface area (Å²) in [6.07, 6.45) is 1.74. The molecule has 0 atom stereocenters. The van der Waals surface area contributed by atoms with Crippen LogP contribution in [0.3, 0.4) is 0 Å². The third-order valence-electron chi connectivity index (χ3n) is 3.02. The number of aromatic carboxylic acids is 1. The fourth-order valence-corrected chi connectivity index (χ4v) is 3.62. The van der Waals surface area contributed by atoms with E-state index < -0.39 is 5.97 Å². The van der Waals surface area contributed by atoms with Crippen LogP contribution in [0.1, 0.15) is 10.4 Å². The van der Waals surface area contributed by atoms with Crippen molar-refractivity contribution in [1.82, 2.24) is 4.98 Å². The normalized spacial score (nSPS) is 10.7. The van der Waals surface area contributed by atoms with E-state index in [4.69, 9.17) is 0 Å². The fraction of sp³-hybridized carbons (Fsp3) is 0. The average molecular weight is 360 g/mol. The van der Waals surface area contributed by atoms with Gasteiger partial charge in [-0.25, -0.2) is 9.78 Å². The van der Waals surface area contributed by atoms with Crippen molar-refractivity contribution in [3.05, 3.63) is 64.8 Å². The Kier molecular flexibility index (Phi) is 3.94. The molecule has 0 aliphatic carbocycles. The van der Waals surface area contributed by atoms with Crippen LogP contribution in [-0.4, -0.2) is 16.1 Å². The maximum absolute atomic E-state index is 11.3. The van der Waals surface area contributed by atoms with Crippen LogP contribution in [0.25, 0.3) is 10.8 Å². The zero-order valence-electron chi connectivity index (χ0n) is 10.8. The van der Waals surface area contributed by atoms with Crippen LogP contribution in [-0.2, 0) is 0 Å². The molecule has 0 fully saturated rings. The van der Waals surface area contributed by atoms with Gasteiger partial charge >= 0.3 is 5.97 Å². The molecule has 1 aromatic heterocycles. The van der Waals surface area contributed by atoms with E-state index in [0.29, 0.717) is 4.90 Å². The van der Waals surface area contributed by atoms with E-state index in [1.54, 1.807) is 24.4 Å². The lowest BCUT2D eigenvalue weighted by Gasteiger charge is -2.08. The topological polar surface area (TPSA) is 50.2 Å². The minimum Gasteiger partial charge on any atom is -0.478 e. The average Bonchev–Trinajstić information content (AvgIpc) is 2.47. The van der Waals surface area contributed by atoms with Gasteiger partial charge in [0.2, 0.25) is 0 Å². The molecular formula is C16H10BrNO2S. The van der Waals surface area contributed by atoms with Gasteiger partial charge in [-0.3, -0.25) is 0 Å². The molecule has 0 radical (unpaired) electrons. The first-order valence-corrected chi connectivity index (χ1v) is 7.80. The second kappa shape index (κ2) is 5.87. The molecule has 0 saturated carbocycles. The van der Waals surface area contributed by atoms with Crippen molar-refractivity contribution in [2.24, 2.45) is 0 Å². The fourth-order valence-electron chi connectivity index (χ4n) is 2.03. The molecule has 2 aromatic carbocycles. The molecule has 3 aromatic rings. The molecule has 1 heterocycles. The molecule has 0 aliphatic heterocycles. The van der Waals surface area contributed by atoms with Gasteiger partial charge in [0.1, 0.15) is 5.03 Å². The predicted octanol–water partition coefficient (Wildman–Crippen LogP) is 4.85. The largest absolute Gasteiger partial charge is 0.478 e. The van der Waals surface area contributed by atoms with Gasteiger partial charge in [-0.15, -0.1) is 0 Å². The van der Waals surface area contributed by atoms with Crippen molar-refractivity contribution < 1.29 is 9.90 Å². The van der Waals surface area contributed by atoms with E-state index in [1.807, 2.05) is 30.3 Å². The van der Waals surface area contributed by atoms with Crippen molar-refractivity contribution in [2.45, 2.75) is 9.92 Å². The Morgan fingerprint density at radius 2 is 1.95 bits per heavy atom. The highest BCUT2D eigenvalue weighted by Gasteiger charge is 2.13. The summed E-state index contributed by atoms with van der Waals surface area (Å²) in [7, 11) is 0. The Morgan fingerprint density at radius 1 is 1.14 bits per heavy atom. The number of pyridine rings is 1. The van der Waals surface area contributed by atoms with E-state index in [9.17, 15) is 9.90 Å². The lowest BCUT2D eigenvalue weighted by atomic mass is 10.2. The third kappa shape index (κ3) is 2.94. The number of halogens is 1. The highest BCUT2D eigenvalue weighted by molar-refractivity contribution is 9.10. The van der Waals surface area contributed by atoms with Crippen molar-refractivity contribution in [3.8, 4) is 0 Å². The van der Waals surface area contributed by atoms with Gasteiger partial charge < -0.3 is 5.11 Å². The second-order valence-corrected chi connectivity index (χ2v) is 6.33. The van der Waals surface area contributed by atoms with Crippen molar-refractivity contribution in [3.63, 3.8) is 0 Å². The number of carboxylic acids is 1. The zero-order chi connectivity index (χ0) is 14.8. The maximum Gasteiger partial charge on any atom is 0.336 e. The minimum absolute atomic E-state index is 0.276. The third-order valence-corrected chi connectivity index (χ3v) is 4.59. The van der Waals surface area contributed by atoms with Gasteiger partial charge in [-0.2, -0.15) is 0 Å². The summed E-state index contributed by atoms with van der Waals surface area (Å²) in [5.41, 5.74) is 0.276. The van der Waals surface area contributed by atoms with E-state index in [1.165, 1.54) is 11.8 Å². The van der Waals surface area contributed by atoms with Crippen molar-refractivity contribution >= 4 is 44.4 Å². The van der Waals surface area contributed by atoms with Crippen LogP contribution in [0.2, 0.25) is 0 Å². The van der Waals surface area contributed by atoms with Crippen LogP contribution in [0.15, 0.2) is 69.1 Å². The molecule has 0 amide bonds. The number of carboxylic acid groups (broad SMARTS) is 1. The standard InChI is InChI=1S/C16H10BrNO2S/c17-11-5-6-13(16(19)20)14(9-11)21-15-12-4-2-1-3-10(12)7-8-18-15/h1-9H,(H,19,20). The molecular weight excluding hydrogens is 350 g/mol. The van der Waals surface area contributed by atoms with Crippen molar-refractivity contribution in [1.29, 1.82) is 0 Å². The Bertz CT molecular complexity index is 830. The Balaban J connectivity index is 2.11. The first kappa shape index (κ1) is 14.1. The van der Waals surface area contributed by atoms with E-state index in [-0.39, 0.29) is 5.56 Å². The summed E-state index contributed by atoms with van der Waals surface area (Å²) in [4.78, 5) is 16.4. The molecule has 3 nitrogen and oxygen atoms in total. The molecule has 104 valence electrons. The number of benzene rings is 2. The molecule has 3 rings (SSSR count). The van der Waals surface area contributed by atoms with E-state index in [0.717, 1.165) is 20.3 Å². The number of hydrogen-bond acceptors (Lipinski definition) is 3. The molecule has 0 bridgehead atoms. The highest BCUT2D eigenvalue weighted by atomic mass is 79.9. The lowest BCUT2D eigenvalue weighted by molar-refractivity contribution is 0.0693. The summed E-state index contributed by atoms with van der Waals surface area (Å²) in [6, 6.07) is 15.0.